The van der Waals surface area contributed by atoms with Crippen LogP contribution in [0.3, 0.4) is 0 Å². The van der Waals surface area contributed by atoms with Crippen molar-refractivity contribution in [2.45, 2.75) is 25.0 Å². The number of carbonyl (C=O) groups is 2. The minimum absolute atomic E-state index is 0.137. The molecule has 0 spiro atoms. The Balaban J connectivity index is 1.62. The average molecular weight is 668 g/mol. The molecule has 12 heteroatoms. The zero-order valence-electron chi connectivity index (χ0n) is 22.1. The molecule has 1 atom stereocenters. The lowest BCUT2D eigenvalue weighted by molar-refractivity contribution is -0.122. The van der Waals surface area contributed by atoms with Crippen molar-refractivity contribution in [2.24, 2.45) is 0 Å². The van der Waals surface area contributed by atoms with Crippen LogP contribution < -0.4 is 14.9 Å². The number of nitrogens with one attached hydrogen (secondary N) is 2. The van der Waals surface area contributed by atoms with Crippen molar-refractivity contribution in [3.05, 3.63) is 97.9 Å². The summed E-state index contributed by atoms with van der Waals surface area (Å²) < 4.78 is 28.0. The Kier molecular flexibility index (Phi) is 9.47. The Morgan fingerprint density at radius 2 is 1.50 bits per heavy atom. The number of carbonyl (C=O) groups excluding carboxylic acids is 2. The Bertz CT molecular complexity index is 1450. The van der Waals surface area contributed by atoms with E-state index in [4.69, 9.17) is 23.2 Å². The Labute approximate surface area is 252 Å². The first-order chi connectivity index (χ1) is 18.9. The Morgan fingerprint density at radius 1 is 0.975 bits per heavy atom. The number of likely N-dealkylation sites (N-methyl/N-ethyl adjacent to an activating group) is 1. The highest BCUT2D eigenvalue weighted by Crippen LogP contribution is 2.37. The van der Waals surface area contributed by atoms with Crippen LogP contribution in [-0.2, 0) is 14.8 Å². The predicted molar refractivity (Wildman–Crippen MR) is 163 cm³/mol. The standard InChI is InChI=1S/C28H29BrCl2N4O4S/c1-17(27(36)32-2)33-28(37)20-12-21(29)14-24(13-20)35(40(3,38)39)25-15-34(16-25)26(18-4-8-22(30)9-5-18)19-6-10-23(31)11-7-19/h4-14,17,25-26H,15-16H2,1-3H3,(H,32,36)(H,33,37). The summed E-state index contributed by atoms with van der Waals surface area (Å²) in [7, 11) is -2.23. The summed E-state index contributed by atoms with van der Waals surface area (Å²) >= 11 is 15.7. The summed E-state index contributed by atoms with van der Waals surface area (Å²) in [6, 6.07) is 18.7. The molecule has 2 amide bonds. The van der Waals surface area contributed by atoms with E-state index in [-0.39, 0.29) is 23.6 Å². The Hall–Kier alpha value is -2.63. The van der Waals surface area contributed by atoms with E-state index in [0.29, 0.717) is 33.3 Å². The van der Waals surface area contributed by atoms with Crippen molar-refractivity contribution < 1.29 is 18.0 Å². The van der Waals surface area contributed by atoms with Crippen LogP contribution in [0, 0.1) is 0 Å². The van der Waals surface area contributed by atoms with Gasteiger partial charge in [-0.3, -0.25) is 18.8 Å². The lowest BCUT2D eigenvalue weighted by atomic mass is 9.93. The quantitative estimate of drug-likeness (QED) is 0.340. The largest absolute Gasteiger partial charge is 0.357 e. The van der Waals surface area contributed by atoms with Gasteiger partial charge in [0.1, 0.15) is 6.04 Å². The van der Waals surface area contributed by atoms with Gasteiger partial charge in [-0.1, -0.05) is 63.4 Å². The summed E-state index contributed by atoms with van der Waals surface area (Å²) in [5.41, 5.74) is 2.62. The fraction of sp³-hybridized carbons (Fsp3) is 0.286. The van der Waals surface area contributed by atoms with Crippen LogP contribution in [0.5, 0.6) is 0 Å². The van der Waals surface area contributed by atoms with Crippen molar-refractivity contribution in [3.8, 4) is 0 Å². The molecule has 1 heterocycles. The third kappa shape index (κ3) is 6.98. The third-order valence-electron chi connectivity index (χ3n) is 6.70. The number of nitrogens with zero attached hydrogens (tertiary/aromatic N) is 2. The topological polar surface area (TPSA) is 98.8 Å². The fourth-order valence-corrected chi connectivity index (χ4v) is 6.72. The third-order valence-corrected chi connectivity index (χ3v) is 8.89. The molecule has 4 rings (SSSR count). The number of likely N-dealkylation sites (tertiary alicyclic amines) is 1. The van der Waals surface area contributed by atoms with E-state index < -0.39 is 22.0 Å². The van der Waals surface area contributed by atoms with E-state index >= 15 is 0 Å². The molecule has 2 N–H and O–H groups in total. The molecule has 1 aliphatic heterocycles. The number of anilines is 1. The fourth-order valence-electron chi connectivity index (χ4n) is 4.82. The molecule has 8 nitrogen and oxygen atoms in total. The summed E-state index contributed by atoms with van der Waals surface area (Å²) in [6.07, 6.45) is 1.15. The number of amides is 2. The number of hydrogen-bond acceptors (Lipinski definition) is 5. The molecule has 0 aromatic heterocycles. The number of benzene rings is 3. The lowest BCUT2D eigenvalue weighted by Crippen LogP contribution is -2.61. The van der Waals surface area contributed by atoms with Crippen molar-refractivity contribution in [3.63, 3.8) is 0 Å². The van der Waals surface area contributed by atoms with Crippen molar-refractivity contribution in [2.75, 3.05) is 30.7 Å². The summed E-state index contributed by atoms with van der Waals surface area (Å²) in [5, 5.41) is 6.38. The monoisotopic (exact) mass is 666 g/mol. The first-order valence-corrected chi connectivity index (χ1v) is 15.8. The van der Waals surface area contributed by atoms with Gasteiger partial charge in [0.15, 0.2) is 0 Å². The second-order valence-corrected chi connectivity index (χ2v) is 13.3. The van der Waals surface area contributed by atoms with Gasteiger partial charge in [-0.2, -0.15) is 0 Å². The average Bonchev–Trinajstić information content (AvgIpc) is 2.87. The van der Waals surface area contributed by atoms with Crippen molar-refractivity contribution in [1.82, 2.24) is 15.5 Å². The van der Waals surface area contributed by atoms with E-state index in [1.807, 2.05) is 48.5 Å². The summed E-state index contributed by atoms with van der Waals surface area (Å²) in [6.45, 7) is 2.47. The predicted octanol–water partition coefficient (Wildman–Crippen LogP) is 4.86. The van der Waals surface area contributed by atoms with Crippen molar-refractivity contribution in [1.29, 1.82) is 0 Å². The molecule has 1 unspecified atom stereocenters. The normalized spacial score (nSPS) is 14.9. The summed E-state index contributed by atoms with van der Waals surface area (Å²) in [5.74, 6) is -0.834. The molecule has 0 bridgehead atoms. The molecule has 40 heavy (non-hydrogen) atoms. The van der Waals surface area contributed by atoms with Gasteiger partial charge >= 0.3 is 0 Å². The molecule has 3 aromatic carbocycles. The maximum Gasteiger partial charge on any atom is 0.252 e. The van der Waals surface area contributed by atoms with Crippen LogP contribution in [0.15, 0.2) is 71.2 Å². The van der Waals surface area contributed by atoms with Crippen LogP contribution in [0.1, 0.15) is 34.5 Å². The molecule has 0 aliphatic carbocycles. The minimum Gasteiger partial charge on any atom is -0.357 e. The molecular weight excluding hydrogens is 639 g/mol. The van der Waals surface area contributed by atoms with Gasteiger partial charge < -0.3 is 10.6 Å². The maximum absolute atomic E-state index is 13.1. The molecule has 0 saturated carbocycles. The van der Waals surface area contributed by atoms with Crippen molar-refractivity contribution >= 4 is 66.7 Å². The van der Waals surface area contributed by atoms with E-state index in [9.17, 15) is 18.0 Å². The molecule has 1 aliphatic rings. The first kappa shape index (κ1) is 30.3. The van der Waals surface area contributed by atoms with Gasteiger partial charge in [-0.25, -0.2) is 8.42 Å². The van der Waals surface area contributed by atoms with Crippen LogP contribution in [-0.4, -0.2) is 63.6 Å². The van der Waals surface area contributed by atoms with Gasteiger partial charge in [0.2, 0.25) is 15.9 Å². The van der Waals surface area contributed by atoms with Gasteiger partial charge in [0, 0.05) is 40.2 Å². The van der Waals surface area contributed by atoms with E-state index in [1.165, 1.54) is 17.4 Å². The number of sulfonamides is 1. The van der Waals surface area contributed by atoms with E-state index in [2.05, 4.69) is 31.5 Å². The maximum atomic E-state index is 13.1. The number of hydrogen-bond donors (Lipinski definition) is 2. The second kappa shape index (κ2) is 12.5. The zero-order chi connectivity index (χ0) is 29.2. The minimum atomic E-state index is -3.71. The van der Waals surface area contributed by atoms with Gasteiger partial charge in [-0.15, -0.1) is 0 Å². The zero-order valence-corrected chi connectivity index (χ0v) is 26.0. The van der Waals surface area contributed by atoms with E-state index in [0.717, 1.165) is 17.4 Å². The second-order valence-electron chi connectivity index (χ2n) is 9.68. The van der Waals surface area contributed by atoms with Crippen LogP contribution in [0.4, 0.5) is 5.69 Å². The van der Waals surface area contributed by atoms with E-state index in [1.54, 1.807) is 19.1 Å². The van der Waals surface area contributed by atoms with Crippen LogP contribution in [0.25, 0.3) is 0 Å². The first-order valence-electron chi connectivity index (χ1n) is 12.4. The van der Waals surface area contributed by atoms with Gasteiger partial charge in [-0.05, 0) is 60.5 Å². The highest BCUT2D eigenvalue weighted by atomic mass is 79.9. The van der Waals surface area contributed by atoms with Gasteiger partial charge in [0.05, 0.1) is 24.0 Å². The molecule has 1 fully saturated rings. The number of halogens is 3. The van der Waals surface area contributed by atoms with Crippen LogP contribution in [0.2, 0.25) is 10.0 Å². The SMILES string of the molecule is CNC(=O)C(C)NC(=O)c1cc(Br)cc(N(C2CN(C(c3ccc(Cl)cc3)c3ccc(Cl)cc3)C2)S(C)(=O)=O)c1. The Morgan fingerprint density at radius 3 is 1.98 bits per heavy atom. The molecule has 3 aromatic rings. The smallest absolute Gasteiger partial charge is 0.252 e. The molecule has 1 saturated heterocycles. The van der Waals surface area contributed by atoms with Crippen LogP contribution >= 0.6 is 39.1 Å². The summed E-state index contributed by atoms with van der Waals surface area (Å²) in [4.78, 5) is 27.0. The molecule has 212 valence electrons. The van der Waals surface area contributed by atoms with Gasteiger partial charge in [0.25, 0.3) is 5.91 Å². The highest BCUT2D eigenvalue weighted by Gasteiger charge is 2.41. The highest BCUT2D eigenvalue weighted by molar-refractivity contribution is 9.10. The molecular formula is C28H29BrCl2N4O4S. The molecule has 0 radical (unpaired) electrons. The number of rotatable bonds is 9. The lowest BCUT2D eigenvalue weighted by Gasteiger charge is -2.48.